The minimum atomic E-state index is 0.882. The summed E-state index contributed by atoms with van der Waals surface area (Å²) in [6.45, 7) is 0. The molecule has 1 aliphatic carbocycles. The Morgan fingerprint density at radius 2 is 1.04 bits per heavy atom. The molecule has 0 spiro atoms. The monoisotopic (exact) mass is 604 g/mol. The maximum Gasteiger partial charge on any atom is 0.0541 e. The average Bonchev–Trinajstić information content (AvgIpc) is 3.69. The lowest BCUT2D eigenvalue weighted by atomic mass is 10.0. The lowest BCUT2D eigenvalue weighted by Crippen LogP contribution is -1.96. The van der Waals surface area contributed by atoms with Gasteiger partial charge in [-0.3, -0.25) is 0 Å². The van der Waals surface area contributed by atoms with Crippen LogP contribution in [0.1, 0.15) is 16.9 Å². The molecule has 3 heteroatoms. The molecule has 0 radical (unpaired) electrons. The highest BCUT2D eigenvalue weighted by molar-refractivity contribution is 7.20. The Morgan fingerprint density at radius 3 is 1.76 bits per heavy atom. The fourth-order valence-corrected chi connectivity index (χ4v) is 8.61. The third-order valence-corrected chi connectivity index (χ3v) is 10.7. The molecule has 2 nitrogen and oxygen atoms in total. The maximum atomic E-state index is 2.48. The van der Waals surface area contributed by atoms with Crippen LogP contribution in [0.2, 0.25) is 0 Å². The van der Waals surface area contributed by atoms with E-state index in [9.17, 15) is 0 Å². The fraction of sp³-hybridized carbons (Fsp3) is 0.0233. The molecule has 0 atom stereocenters. The highest BCUT2D eigenvalue weighted by Gasteiger charge is 2.18. The third-order valence-electron chi connectivity index (χ3n) is 9.55. The molecule has 10 rings (SSSR count). The molecule has 0 saturated heterocycles. The molecule has 6 aromatic carbocycles. The molecule has 3 heterocycles. The van der Waals surface area contributed by atoms with Crippen molar-refractivity contribution in [1.29, 1.82) is 0 Å². The van der Waals surface area contributed by atoms with Crippen LogP contribution < -0.4 is 0 Å². The fourth-order valence-electron chi connectivity index (χ4n) is 7.49. The van der Waals surface area contributed by atoms with Crippen LogP contribution in [0, 0.1) is 0 Å². The summed E-state index contributed by atoms with van der Waals surface area (Å²) in [5, 5.41) is 6.44. The second-order valence-electron chi connectivity index (χ2n) is 12.1. The summed E-state index contributed by atoms with van der Waals surface area (Å²) in [6.07, 6.45) is 7.93. The van der Waals surface area contributed by atoms with Gasteiger partial charge < -0.3 is 9.13 Å². The number of fused-ring (bicyclic) bond motifs is 9. The van der Waals surface area contributed by atoms with Gasteiger partial charge >= 0.3 is 0 Å². The van der Waals surface area contributed by atoms with Crippen molar-refractivity contribution in [1.82, 2.24) is 9.13 Å². The Labute approximate surface area is 270 Å². The topological polar surface area (TPSA) is 9.86 Å². The number of allylic oxidation sites excluding steroid dienone is 2. The highest BCUT2D eigenvalue weighted by Crippen LogP contribution is 2.41. The van der Waals surface area contributed by atoms with Gasteiger partial charge in [0.25, 0.3) is 0 Å². The summed E-state index contributed by atoms with van der Waals surface area (Å²) < 4.78 is 6.20. The first-order chi connectivity index (χ1) is 22.8. The molecule has 0 fully saturated rings. The van der Waals surface area contributed by atoms with E-state index in [1.165, 1.54) is 86.6 Å². The van der Waals surface area contributed by atoms with Crippen LogP contribution >= 0.6 is 11.3 Å². The minimum absolute atomic E-state index is 0.882. The number of nitrogens with zero attached hydrogens (tertiary/aromatic N) is 2. The highest BCUT2D eigenvalue weighted by atomic mass is 32.1. The van der Waals surface area contributed by atoms with Crippen molar-refractivity contribution < 1.29 is 0 Å². The van der Waals surface area contributed by atoms with E-state index in [4.69, 9.17) is 0 Å². The normalized spacial score (nSPS) is 13.2. The zero-order valence-electron chi connectivity index (χ0n) is 25.0. The second-order valence-corrected chi connectivity index (χ2v) is 13.2. The van der Waals surface area contributed by atoms with Gasteiger partial charge in [-0.2, -0.15) is 0 Å². The smallest absolute Gasteiger partial charge is 0.0541 e. The van der Waals surface area contributed by atoms with E-state index < -0.39 is 0 Å². The largest absolute Gasteiger partial charge is 0.313 e. The van der Waals surface area contributed by atoms with Crippen LogP contribution in [-0.4, -0.2) is 9.13 Å². The summed E-state index contributed by atoms with van der Waals surface area (Å²) in [6, 6.07) is 51.0. The molecule has 3 aromatic heterocycles. The number of benzene rings is 6. The number of rotatable bonds is 3. The molecular formula is C43H28N2S. The molecule has 46 heavy (non-hydrogen) atoms. The lowest BCUT2D eigenvalue weighted by Gasteiger charge is -2.11. The van der Waals surface area contributed by atoms with Crippen LogP contribution in [0.3, 0.4) is 0 Å². The Kier molecular flexibility index (Phi) is 5.54. The van der Waals surface area contributed by atoms with Gasteiger partial charge in [-0.25, -0.2) is 0 Å². The molecule has 9 aromatic rings. The minimum Gasteiger partial charge on any atom is -0.313 e. The average molecular weight is 605 g/mol. The SMILES string of the molecule is C1=Cc2sc3ccccc3c2C=C(n2c3ccccc3c3cc(-c4ccc5c(c4)c4ccccc4n5-c4ccccc4)ccc32)C1. The molecule has 0 aliphatic heterocycles. The molecule has 216 valence electrons. The van der Waals surface area contributed by atoms with E-state index in [0.717, 1.165) is 6.42 Å². The quantitative estimate of drug-likeness (QED) is 0.190. The first-order valence-electron chi connectivity index (χ1n) is 15.8. The summed E-state index contributed by atoms with van der Waals surface area (Å²) in [5.74, 6) is 0. The molecule has 0 N–H and O–H groups in total. The Bertz CT molecular complexity index is 2710. The van der Waals surface area contributed by atoms with Crippen molar-refractivity contribution in [3.05, 3.63) is 156 Å². The molecule has 0 amide bonds. The second kappa shape index (κ2) is 9.93. The Balaban J connectivity index is 1.17. The van der Waals surface area contributed by atoms with Crippen molar-refractivity contribution >= 4 is 82.9 Å². The Morgan fingerprint density at radius 1 is 0.478 bits per heavy atom. The summed E-state index contributed by atoms with van der Waals surface area (Å²) in [4.78, 5) is 1.34. The molecule has 0 bridgehead atoms. The van der Waals surface area contributed by atoms with Crippen LogP contribution in [0.15, 0.2) is 146 Å². The van der Waals surface area contributed by atoms with E-state index in [2.05, 4.69) is 167 Å². The van der Waals surface area contributed by atoms with E-state index in [1.54, 1.807) is 0 Å². The zero-order valence-corrected chi connectivity index (χ0v) is 25.8. The summed E-state index contributed by atoms with van der Waals surface area (Å²) >= 11 is 1.88. The summed E-state index contributed by atoms with van der Waals surface area (Å²) in [5.41, 5.74) is 11.2. The van der Waals surface area contributed by atoms with Crippen LogP contribution in [0.4, 0.5) is 0 Å². The number of para-hydroxylation sites is 3. The number of hydrogen-bond donors (Lipinski definition) is 0. The van der Waals surface area contributed by atoms with Crippen LogP contribution in [0.5, 0.6) is 0 Å². The third kappa shape index (κ3) is 3.76. The predicted molar refractivity (Wildman–Crippen MR) is 199 cm³/mol. The standard InChI is InChI=1S/C43H28N2S/c1-2-11-30(12-3-1)44-38-17-7-4-14-32(38)35-25-28(21-23-40(35)44)29-22-24-41-36(26-29)33-15-5-8-18-39(33)45(41)31-13-10-20-43-37(27-31)34-16-6-9-19-42(34)46-43/h1-12,14-27H,13H2. The van der Waals surface area contributed by atoms with Gasteiger partial charge in [0, 0.05) is 59.9 Å². The lowest BCUT2D eigenvalue weighted by molar-refractivity contribution is 1.16. The van der Waals surface area contributed by atoms with Crippen molar-refractivity contribution in [2.45, 2.75) is 6.42 Å². The molecule has 1 aliphatic rings. The van der Waals surface area contributed by atoms with Crippen LogP contribution in [-0.2, 0) is 0 Å². The summed E-state index contributed by atoms with van der Waals surface area (Å²) in [7, 11) is 0. The molecule has 0 saturated carbocycles. The van der Waals surface area contributed by atoms with E-state index in [-0.39, 0.29) is 0 Å². The van der Waals surface area contributed by atoms with Gasteiger partial charge in [0.2, 0.25) is 0 Å². The van der Waals surface area contributed by atoms with Gasteiger partial charge in [-0.05, 0) is 77.9 Å². The van der Waals surface area contributed by atoms with Crippen molar-refractivity contribution in [2.75, 3.05) is 0 Å². The van der Waals surface area contributed by atoms with Gasteiger partial charge in [0.1, 0.15) is 0 Å². The van der Waals surface area contributed by atoms with Crippen molar-refractivity contribution in [2.24, 2.45) is 0 Å². The Hall–Kier alpha value is -5.64. The van der Waals surface area contributed by atoms with Crippen molar-refractivity contribution in [3.63, 3.8) is 0 Å². The van der Waals surface area contributed by atoms with Crippen LogP contribution in [0.25, 0.3) is 88.4 Å². The van der Waals surface area contributed by atoms with E-state index >= 15 is 0 Å². The van der Waals surface area contributed by atoms with Gasteiger partial charge in [0.15, 0.2) is 0 Å². The molecule has 0 unspecified atom stereocenters. The van der Waals surface area contributed by atoms with E-state index in [1.807, 2.05) is 11.3 Å². The first-order valence-corrected chi connectivity index (χ1v) is 16.6. The van der Waals surface area contributed by atoms with Gasteiger partial charge in [0.05, 0.1) is 22.1 Å². The molecular weight excluding hydrogens is 577 g/mol. The maximum absolute atomic E-state index is 2.48. The number of hydrogen-bond acceptors (Lipinski definition) is 1. The number of thiophene rings is 1. The van der Waals surface area contributed by atoms with Crippen molar-refractivity contribution in [3.8, 4) is 16.8 Å². The van der Waals surface area contributed by atoms with Gasteiger partial charge in [-0.15, -0.1) is 11.3 Å². The van der Waals surface area contributed by atoms with Gasteiger partial charge in [-0.1, -0.05) is 91.0 Å². The number of aromatic nitrogens is 2. The zero-order chi connectivity index (χ0) is 30.2. The first kappa shape index (κ1) is 25.7. The predicted octanol–water partition coefficient (Wildman–Crippen LogP) is 12.2. The van der Waals surface area contributed by atoms with E-state index in [0.29, 0.717) is 0 Å².